The lowest BCUT2D eigenvalue weighted by molar-refractivity contribution is 0.331. The van der Waals surface area contributed by atoms with Gasteiger partial charge in [0.15, 0.2) is 0 Å². The normalized spacial score (nSPS) is 20.4. The fraction of sp³-hybridized carbons (Fsp3) is 0.600. The van der Waals surface area contributed by atoms with Gasteiger partial charge in [0.1, 0.15) is 5.82 Å². The molecule has 1 atom stereocenters. The van der Waals surface area contributed by atoms with E-state index >= 15 is 0 Å². The maximum absolute atomic E-state index is 13.0. The Hall–Kier alpha value is -0.930. The molecule has 1 saturated heterocycles. The molecular weight excluding hydrogens is 227 g/mol. The molecule has 3 heteroatoms. The Kier molecular flexibility index (Phi) is 5.14. The fourth-order valence-corrected chi connectivity index (χ4v) is 2.53. The van der Waals surface area contributed by atoms with E-state index in [9.17, 15) is 4.39 Å². The number of hydrogen-bond acceptors (Lipinski definition) is 2. The first-order chi connectivity index (χ1) is 8.78. The summed E-state index contributed by atoms with van der Waals surface area (Å²) in [6.45, 7) is 6.64. The van der Waals surface area contributed by atoms with Crippen molar-refractivity contribution in [3.05, 3.63) is 35.6 Å². The van der Waals surface area contributed by atoms with Crippen molar-refractivity contribution in [3.63, 3.8) is 0 Å². The topological polar surface area (TPSA) is 15.3 Å². The standard InChI is InChI=1S/C15H23FN2/c1-2-8-17-15-7-10-18(12-15)9-6-13-4-3-5-14(16)11-13/h3-5,11,15,17H,2,6-10,12H2,1H3. The van der Waals surface area contributed by atoms with E-state index in [0.717, 1.165) is 38.2 Å². The van der Waals surface area contributed by atoms with E-state index in [1.807, 2.05) is 6.07 Å². The van der Waals surface area contributed by atoms with Crippen molar-refractivity contribution in [3.8, 4) is 0 Å². The summed E-state index contributed by atoms with van der Waals surface area (Å²) >= 11 is 0. The summed E-state index contributed by atoms with van der Waals surface area (Å²) < 4.78 is 13.0. The maximum Gasteiger partial charge on any atom is 0.123 e. The molecule has 1 aromatic rings. The van der Waals surface area contributed by atoms with E-state index in [-0.39, 0.29) is 5.82 Å². The monoisotopic (exact) mass is 250 g/mol. The Morgan fingerprint density at radius 1 is 1.44 bits per heavy atom. The molecule has 0 aromatic heterocycles. The van der Waals surface area contributed by atoms with Crippen LogP contribution in [0.15, 0.2) is 24.3 Å². The second-order valence-corrected chi connectivity index (χ2v) is 5.12. The summed E-state index contributed by atoms with van der Waals surface area (Å²) in [5, 5.41) is 3.57. The van der Waals surface area contributed by atoms with Gasteiger partial charge in [-0.2, -0.15) is 0 Å². The minimum atomic E-state index is -0.128. The summed E-state index contributed by atoms with van der Waals surface area (Å²) in [7, 11) is 0. The SMILES string of the molecule is CCCNC1CCN(CCc2cccc(F)c2)C1. The molecule has 0 spiro atoms. The number of benzene rings is 1. The molecule has 1 heterocycles. The van der Waals surface area contributed by atoms with Crippen LogP contribution in [-0.2, 0) is 6.42 Å². The number of rotatable bonds is 6. The highest BCUT2D eigenvalue weighted by molar-refractivity contribution is 5.16. The van der Waals surface area contributed by atoms with Gasteiger partial charge in [-0.1, -0.05) is 19.1 Å². The number of likely N-dealkylation sites (tertiary alicyclic amines) is 1. The van der Waals surface area contributed by atoms with E-state index in [1.54, 1.807) is 12.1 Å². The summed E-state index contributed by atoms with van der Waals surface area (Å²) in [6.07, 6.45) is 3.38. The molecule has 1 aromatic carbocycles. The van der Waals surface area contributed by atoms with E-state index in [1.165, 1.54) is 18.9 Å². The fourth-order valence-electron chi connectivity index (χ4n) is 2.53. The van der Waals surface area contributed by atoms with Crippen molar-refractivity contribution < 1.29 is 4.39 Å². The Bertz CT molecular complexity index is 367. The predicted molar refractivity (Wildman–Crippen MR) is 73.2 cm³/mol. The molecule has 0 amide bonds. The first kappa shape index (κ1) is 13.5. The van der Waals surface area contributed by atoms with Crippen LogP contribution in [0.2, 0.25) is 0 Å². The van der Waals surface area contributed by atoms with Crippen molar-refractivity contribution in [2.24, 2.45) is 0 Å². The van der Waals surface area contributed by atoms with Gasteiger partial charge in [-0.25, -0.2) is 4.39 Å². The van der Waals surface area contributed by atoms with Gasteiger partial charge >= 0.3 is 0 Å². The Morgan fingerprint density at radius 2 is 2.33 bits per heavy atom. The molecular formula is C15H23FN2. The van der Waals surface area contributed by atoms with Crippen LogP contribution in [0.4, 0.5) is 4.39 Å². The average molecular weight is 250 g/mol. The molecule has 0 radical (unpaired) electrons. The molecule has 1 aliphatic heterocycles. The molecule has 0 aliphatic carbocycles. The van der Waals surface area contributed by atoms with Crippen molar-refractivity contribution in [1.29, 1.82) is 0 Å². The highest BCUT2D eigenvalue weighted by Gasteiger charge is 2.20. The van der Waals surface area contributed by atoms with E-state index in [4.69, 9.17) is 0 Å². The van der Waals surface area contributed by atoms with E-state index < -0.39 is 0 Å². The number of halogens is 1. The second kappa shape index (κ2) is 6.86. The molecule has 1 aliphatic rings. The van der Waals surface area contributed by atoms with Gasteiger partial charge in [0, 0.05) is 19.1 Å². The molecule has 1 N–H and O–H groups in total. The van der Waals surface area contributed by atoms with Crippen molar-refractivity contribution in [2.45, 2.75) is 32.2 Å². The third-order valence-electron chi connectivity index (χ3n) is 3.56. The van der Waals surface area contributed by atoms with E-state index in [2.05, 4.69) is 17.1 Å². The molecule has 2 nitrogen and oxygen atoms in total. The van der Waals surface area contributed by atoms with Crippen LogP contribution in [0.3, 0.4) is 0 Å². The Balaban J connectivity index is 1.72. The quantitative estimate of drug-likeness (QED) is 0.834. The molecule has 18 heavy (non-hydrogen) atoms. The lowest BCUT2D eigenvalue weighted by atomic mass is 10.1. The zero-order valence-electron chi connectivity index (χ0n) is 11.2. The summed E-state index contributed by atoms with van der Waals surface area (Å²) in [5.74, 6) is -0.128. The minimum absolute atomic E-state index is 0.128. The molecule has 1 fully saturated rings. The second-order valence-electron chi connectivity index (χ2n) is 5.12. The zero-order chi connectivity index (χ0) is 12.8. The van der Waals surface area contributed by atoms with Gasteiger partial charge in [0.2, 0.25) is 0 Å². The van der Waals surface area contributed by atoms with Crippen LogP contribution < -0.4 is 5.32 Å². The first-order valence-corrected chi connectivity index (χ1v) is 6.98. The third kappa shape index (κ3) is 4.07. The zero-order valence-corrected chi connectivity index (χ0v) is 11.2. The summed E-state index contributed by atoms with van der Waals surface area (Å²) in [5.41, 5.74) is 1.10. The number of hydrogen-bond donors (Lipinski definition) is 1. The number of nitrogens with one attached hydrogen (secondary N) is 1. The van der Waals surface area contributed by atoms with Crippen molar-refractivity contribution >= 4 is 0 Å². The third-order valence-corrected chi connectivity index (χ3v) is 3.56. The molecule has 1 unspecified atom stereocenters. The highest BCUT2D eigenvalue weighted by atomic mass is 19.1. The van der Waals surface area contributed by atoms with Crippen molar-refractivity contribution in [1.82, 2.24) is 10.2 Å². The largest absolute Gasteiger partial charge is 0.313 e. The smallest absolute Gasteiger partial charge is 0.123 e. The highest BCUT2D eigenvalue weighted by Crippen LogP contribution is 2.11. The van der Waals surface area contributed by atoms with Gasteiger partial charge in [-0.15, -0.1) is 0 Å². The first-order valence-electron chi connectivity index (χ1n) is 6.98. The number of nitrogens with zero attached hydrogens (tertiary/aromatic N) is 1. The summed E-state index contributed by atoms with van der Waals surface area (Å²) in [4.78, 5) is 2.47. The van der Waals surface area contributed by atoms with E-state index in [0.29, 0.717) is 6.04 Å². The lowest BCUT2D eigenvalue weighted by Crippen LogP contribution is -2.33. The lowest BCUT2D eigenvalue weighted by Gasteiger charge is -2.16. The van der Waals surface area contributed by atoms with Gasteiger partial charge in [0.05, 0.1) is 0 Å². The Morgan fingerprint density at radius 3 is 3.11 bits per heavy atom. The van der Waals surface area contributed by atoms with Crippen molar-refractivity contribution in [2.75, 3.05) is 26.2 Å². The van der Waals surface area contributed by atoms with Crippen LogP contribution in [0.1, 0.15) is 25.3 Å². The molecule has 2 rings (SSSR count). The summed E-state index contributed by atoms with van der Waals surface area (Å²) in [6, 6.07) is 7.59. The van der Waals surface area contributed by atoms with Gasteiger partial charge in [-0.3, -0.25) is 0 Å². The van der Waals surface area contributed by atoms with Gasteiger partial charge in [-0.05, 0) is 50.0 Å². The van der Waals surface area contributed by atoms with Gasteiger partial charge in [0.25, 0.3) is 0 Å². The van der Waals surface area contributed by atoms with Crippen LogP contribution in [0.5, 0.6) is 0 Å². The van der Waals surface area contributed by atoms with Crippen LogP contribution in [0.25, 0.3) is 0 Å². The predicted octanol–water partition coefficient (Wildman–Crippen LogP) is 2.44. The minimum Gasteiger partial charge on any atom is -0.313 e. The molecule has 0 bridgehead atoms. The van der Waals surface area contributed by atoms with Crippen LogP contribution >= 0.6 is 0 Å². The van der Waals surface area contributed by atoms with Crippen LogP contribution in [0, 0.1) is 5.82 Å². The maximum atomic E-state index is 13.0. The molecule has 100 valence electrons. The Labute approximate surface area is 109 Å². The average Bonchev–Trinajstić information content (AvgIpc) is 2.82. The van der Waals surface area contributed by atoms with Gasteiger partial charge < -0.3 is 10.2 Å². The van der Waals surface area contributed by atoms with Crippen LogP contribution in [-0.4, -0.2) is 37.1 Å². The molecule has 0 saturated carbocycles.